The number of urea groups is 1. The molecule has 0 saturated heterocycles. The molecule has 0 aliphatic heterocycles. The number of hydrogen-bond donors (Lipinski definition) is 4. The quantitative estimate of drug-likeness (QED) is 0.217. The van der Waals surface area contributed by atoms with Gasteiger partial charge in [0, 0.05) is 31.2 Å². The van der Waals surface area contributed by atoms with Gasteiger partial charge in [-0.15, -0.1) is 0 Å². The molecule has 228 valence electrons. The van der Waals surface area contributed by atoms with Crippen LogP contribution in [-0.2, 0) is 19.2 Å². The van der Waals surface area contributed by atoms with Gasteiger partial charge in [-0.05, 0) is 56.8 Å². The maximum absolute atomic E-state index is 13.1. The number of carboxylic acid groups (broad SMARTS) is 1. The van der Waals surface area contributed by atoms with Gasteiger partial charge in [0.1, 0.15) is 0 Å². The summed E-state index contributed by atoms with van der Waals surface area (Å²) in [5, 5.41) is 18.2. The summed E-state index contributed by atoms with van der Waals surface area (Å²) in [6.45, 7) is 6.13. The van der Waals surface area contributed by atoms with Gasteiger partial charge < -0.3 is 30.9 Å². The van der Waals surface area contributed by atoms with Crippen molar-refractivity contribution in [2.75, 3.05) is 31.5 Å². The lowest BCUT2D eigenvalue weighted by Gasteiger charge is -2.33. The second-order valence-corrected chi connectivity index (χ2v) is 12.3. The third-order valence-electron chi connectivity index (χ3n) is 7.91. The summed E-state index contributed by atoms with van der Waals surface area (Å²) >= 11 is 3.08. The zero-order valence-corrected chi connectivity index (χ0v) is 25.8. The van der Waals surface area contributed by atoms with Crippen LogP contribution in [0.4, 0.5) is 4.79 Å². The average Bonchev–Trinajstić information content (AvgIpc) is 2.90. The van der Waals surface area contributed by atoms with Gasteiger partial charge in [0.05, 0.1) is 24.8 Å². The van der Waals surface area contributed by atoms with Crippen LogP contribution in [0.3, 0.4) is 0 Å². The van der Waals surface area contributed by atoms with Crippen molar-refractivity contribution in [3.63, 3.8) is 0 Å². The van der Waals surface area contributed by atoms with Crippen molar-refractivity contribution < 1.29 is 29.1 Å². The molecule has 2 fully saturated rings. The minimum atomic E-state index is -1.06. The lowest BCUT2D eigenvalue weighted by molar-refractivity contribution is -0.143. The predicted molar refractivity (Wildman–Crippen MR) is 156 cm³/mol. The Balaban J connectivity index is 1.84. The first-order valence-corrected chi connectivity index (χ1v) is 15.8. The summed E-state index contributed by atoms with van der Waals surface area (Å²) in [7, 11) is 0. The Morgan fingerprint density at radius 1 is 0.825 bits per heavy atom. The Labute approximate surface area is 246 Å². The van der Waals surface area contributed by atoms with Crippen LogP contribution in [0, 0.1) is 11.8 Å². The highest BCUT2D eigenvalue weighted by molar-refractivity contribution is 9.09. The molecule has 0 aromatic rings. The number of carbonyl (C=O) groups is 5. The van der Waals surface area contributed by atoms with Crippen molar-refractivity contribution in [3.05, 3.63) is 0 Å². The molecule has 0 bridgehead atoms. The van der Waals surface area contributed by atoms with E-state index in [1.807, 2.05) is 13.8 Å². The van der Waals surface area contributed by atoms with E-state index < -0.39 is 5.97 Å². The van der Waals surface area contributed by atoms with Gasteiger partial charge in [-0.2, -0.15) is 0 Å². The lowest BCUT2D eigenvalue weighted by Crippen LogP contribution is -2.52. The summed E-state index contributed by atoms with van der Waals surface area (Å²) in [4.78, 5) is 64.4. The number of halogens is 1. The molecule has 2 unspecified atom stereocenters. The van der Waals surface area contributed by atoms with E-state index in [0.29, 0.717) is 24.8 Å². The third kappa shape index (κ3) is 12.4. The maximum atomic E-state index is 13.1. The normalized spacial score (nSPS) is 22.7. The molecule has 5 amide bonds. The molecular weight excluding hydrogens is 582 g/mol. The van der Waals surface area contributed by atoms with Crippen LogP contribution in [0.15, 0.2) is 0 Å². The topological polar surface area (TPSA) is 148 Å². The summed E-state index contributed by atoms with van der Waals surface area (Å²) in [6.07, 6.45) is 7.98. The first-order valence-electron chi connectivity index (χ1n) is 14.7. The molecule has 2 atom stereocenters. The van der Waals surface area contributed by atoms with E-state index in [9.17, 15) is 24.0 Å². The molecule has 2 rings (SSSR count). The zero-order chi connectivity index (χ0) is 29.7. The Morgan fingerprint density at radius 3 is 2.00 bits per heavy atom. The number of carboxylic acids is 1. The van der Waals surface area contributed by atoms with Crippen molar-refractivity contribution in [2.45, 2.75) is 103 Å². The average molecular weight is 631 g/mol. The van der Waals surface area contributed by atoms with Crippen LogP contribution in [0.1, 0.15) is 85.0 Å². The molecule has 0 radical (unpaired) electrons. The molecule has 0 aromatic heterocycles. The van der Waals surface area contributed by atoms with Crippen LogP contribution >= 0.6 is 15.9 Å². The molecule has 2 aliphatic carbocycles. The molecule has 4 N–H and O–H groups in total. The maximum Gasteiger partial charge on any atom is 0.315 e. The molecule has 0 aromatic carbocycles. The van der Waals surface area contributed by atoms with Crippen molar-refractivity contribution in [3.8, 4) is 0 Å². The number of amides is 5. The standard InChI is InChI=1S/C28H48BrN5O6/c1-19(2)12-14-33(26(37)18-34(25(36)16-29)15-13-27(38)39)17-24(35)30-21-8-10-22(11-9-21)31-28(40)32-23-7-5-4-6-20(23)3/h19-23H,4-18H2,1-3H3,(H,30,35)(H,38,39)(H2,31,32,40). The SMILES string of the molecule is CC(C)CCN(CC(=O)NC1CCC(NC(=O)NC2CCCCC2C)CC1)C(=O)CN(CCC(=O)O)C(=O)CBr. The number of hydrogen-bond acceptors (Lipinski definition) is 5. The van der Waals surface area contributed by atoms with Crippen LogP contribution < -0.4 is 16.0 Å². The number of alkyl halides is 1. The number of carbonyl (C=O) groups excluding carboxylic acids is 4. The van der Waals surface area contributed by atoms with E-state index in [1.165, 1.54) is 16.2 Å². The first-order chi connectivity index (χ1) is 19.0. The number of nitrogens with one attached hydrogen (secondary N) is 3. The Kier molecular flexibility index (Phi) is 14.8. The fraction of sp³-hybridized carbons (Fsp3) is 0.821. The van der Waals surface area contributed by atoms with Gasteiger partial charge in [0.2, 0.25) is 17.7 Å². The number of nitrogens with zero attached hydrogens (tertiary/aromatic N) is 2. The van der Waals surface area contributed by atoms with E-state index >= 15 is 0 Å². The van der Waals surface area contributed by atoms with Crippen molar-refractivity contribution in [1.82, 2.24) is 25.8 Å². The second-order valence-electron chi connectivity index (χ2n) is 11.7. The second kappa shape index (κ2) is 17.4. The third-order valence-corrected chi connectivity index (χ3v) is 8.39. The van der Waals surface area contributed by atoms with Crippen LogP contribution in [0.5, 0.6) is 0 Å². The van der Waals surface area contributed by atoms with Gasteiger partial charge in [0.25, 0.3) is 0 Å². The summed E-state index contributed by atoms with van der Waals surface area (Å²) in [6, 6.07) is 0.157. The minimum Gasteiger partial charge on any atom is -0.481 e. The van der Waals surface area contributed by atoms with Gasteiger partial charge in [-0.25, -0.2) is 4.79 Å². The fourth-order valence-corrected chi connectivity index (χ4v) is 5.69. The monoisotopic (exact) mass is 629 g/mol. The molecule has 2 saturated carbocycles. The van der Waals surface area contributed by atoms with Crippen molar-refractivity contribution in [1.29, 1.82) is 0 Å². The van der Waals surface area contributed by atoms with E-state index in [0.717, 1.165) is 44.9 Å². The smallest absolute Gasteiger partial charge is 0.315 e. The minimum absolute atomic E-state index is 0.0225. The van der Waals surface area contributed by atoms with Crippen LogP contribution in [0.25, 0.3) is 0 Å². The molecule has 0 spiro atoms. The van der Waals surface area contributed by atoms with Gasteiger partial charge in [-0.3, -0.25) is 19.2 Å². The highest BCUT2D eigenvalue weighted by Crippen LogP contribution is 2.24. The molecule has 11 nitrogen and oxygen atoms in total. The number of aliphatic carboxylic acids is 1. The highest BCUT2D eigenvalue weighted by atomic mass is 79.9. The van der Waals surface area contributed by atoms with E-state index in [1.54, 1.807) is 0 Å². The predicted octanol–water partition coefficient (Wildman–Crippen LogP) is 2.86. The van der Waals surface area contributed by atoms with E-state index in [4.69, 9.17) is 5.11 Å². The number of rotatable bonds is 14. The Hall–Kier alpha value is -2.37. The van der Waals surface area contributed by atoms with E-state index in [-0.39, 0.29) is 73.3 Å². The molecular formula is C28H48BrN5O6. The molecule has 2 aliphatic rings. The van der Waals surface area contributed by atoms with Gasteiger partial charge in [-0.1, -0.05) is 49.5 Å². The Morgan fingerprint density at radius 2 is 1.43 bits per heavy atom. The van der Waals surface area contributed by atoms with E-state index in [2.05, 4.69) is 38.8 Å². The summed E-state index contributed by atoms with van der Waals surface area (Å²) in [5.41, 5.74) is 0. The Bertz CT molecular complexity index is 864. The van der Waals surface area contributed by atoms with Gasteiger partial charge in [0.15, 0.2) is 0 Å². The molecule has 12 heteroatoms. The van der Waals surface area contributed by atoms with Crippen molar-refractivity contribution >= 4 is 45.7 Å². The first kappa shape index (κ1) is 33.8. The highest BCUT2D eigenvalue weighted by Gasteiger charge is 2.28. The summed E-state index contributed by atoms with van der Waals surface area (Å²) < 4.78 is 0. The lowest BCUT2D eigenvalue weighted by atomic mass is 9.86. The van der Waals surface area contributed by atoms with Gasteiger partial charge >= 0.3 is 12.0 Å². The molecule has 40 heavy (non-hydrogen) atoms. The van der Waals surface area contributed by atoms with Crippen molar-refractivity contribution in [2.24, 2.45) is 11.8 Å². The fourth-order valence-electron chi connectivity index (χ4n) is 5.33. The summed E-state index contributed by atoms with van der Waals surface area (Å²) in [5.74, 6) is -1.28. The van der Waals surface area contributed by atoms with Crippen LogP contribution in [0.2, 0.25) is 0 Å². The zero-order valence-electron chi connectivity index (χ0n) is 24.3. The molecule has 0 heterocycles. The largest absolute Gasteiger partial charge is 0.481 e. The van der Waals surface area contributed by atoms with Crippen LogP contribution in [-0.4, -0.2) is 94.3 Å².